The maximum Gasteiger partial charge on any atom is 0.348 e. The molecule has 1 saturated heterocycles. The van der Waals surface area contributed by atoms with Gasteiger partial charge in [0.15, 0.2) is 5.16 Å². The van der Waals surface area contributed by atoms with Crippen molar-refractivity contribution in [1.82, 2.24) is 9.55 Å². The predicted octanol–water partition coefficient (Wildman–Crippen LogP) is 4.72. The smallest absolute Gasteiger partial charge is 0.348 e. The molecule has 0 aliphatic carbocycles. The van der Waals surface area contributed by atoms with Crippen LogP contribution in [-0.2, 0) is 21.8 Å². The van der Waals surface area contributed by atoms with Crippen molar-refractivity contribution in [3.05, 3.63) is 56.2 Å². The number of thiophene rings is 1. The van der Waals surface area contributed by atoms with Crippen LogP contribution < -0.4 is 5.56 Å². The lowest BCUT2D eigenvalue weighted by Gasteiger charge is -2.16. The summed E-state index contributed by atoms with van der Waals surface area (Å²) < 4.78 is 12.7. The van der Waals surface area contributed by atoms with E-state index in [9.17, 15) is 9.59 Å². The minimum absolute atomic E-state index is 0.0123. The van der Waals surface area contributed by atoms with E-state index in [1.165, 1.54) is 22.5 Å². The number of aromatic nitrogens is 2. The maximum absolute atomic E-state index is 13.5. The average molecular weight is 459 g/mol. The summed E-state index contributed by atoms with van der Waals surface area (Å²) >= 11 is 2.78. The van der Waals surface area contributed by atoms with E-state index in [1.807, 2.05) is 12.1 Å². The van der Waals surface area contributed by atoms with Crippen LogP contribution in [-0.4, -0.2) is 34.8 Å². The Hall–Kier alpha value is -2.16. The Morgan fingerprint density at radius 3 is 2.87 bits per heavy atom. The maximum atomic E-state index is 13.5. The number of carbonyl (C=O) groups excluding carboxylic acids is 1. The highest BCUT2D eigenvalue weighted by Crippen LogP contribution is 2.31. The molecule has 0 saturated carbocycles. The summed E-state index contributed by atoms with van der Waals surface area (Å²) in [6.07, 6.45) is 1.95. The van der Waals surface area contributed by atoms with Crippen LogP contribution in [0.2, 0.25) is 0 Å². The largest absolute Gasteiger partial charge is 0.462 e. The molecule has 3 heterocycles. The number of fused-ring (bicyclic) bond motifs is 1. The SMILES string of the molecule is CCOC(=O)c1sc2nc(SCc3ccccc3C)n(C[C@H]3CCCO3)c(=O)c2c1C. The van der Waals surface area contributed by atoms with Crippen LogP contribution in [0.1, 0.15) is 46.1 Å². The van der Waals surface area contributed by atoms with Gasteiger partial charge in [-0.15, -0.1) is 11.3 Å². The fraction of sp³-hybridized carbons (Fsp3) is 0.435. The molecule has 1 fully saturated rings. The van der Waals surface area contributed by atoms with Crippen molar-refractivity contribution in [2.75, 3.05) is 13.2 Å². The monoisotopic (exact) mass is 458 g/mol. The van der Waals surface area contributed by atoms with Crippen molar-refractivity contribution in [3.8, 4) is 0 Å². The third kappa shape index (κ3) is 4.56. The molecule has 6 nitrogen and oxygen atoms in total. The summed E-state index contributed by atoms with van der Waals surface area (Å²) in [5.41, 5.74) is 2.95. The van der Waals surface area contributed by atoms with Gasteiger partial charge in [0.25, 0.3) is 5.56 Å². The standard InChI is InChI=1S/C23H26N2O4S2/c1-4-28-22(27)19-15(3)18-20(31-19)24-23(30-13-16-9-6-5-8-14(16)2)25(21(18)26)12-17-10-7-11-29-17/h5-6,8-9,17H,4,7,10-13H2,1-3H3/t17-/m1/s1. The third-order valence-electron chi connectivity index (χ3n) is 5.50. The Morgan fingerprint density at radius 2 is 2.16 bits per heavy atom. The van der Waals surface area contributed by atoms with Gasteiger partial charge in [0.1, 0.15) is 9.71 Å². The van der Waals surface area contributed by atoms with Gasteiger partial charge in [-0.3, -0.25) is 9.36 Å². The van der Waals surface area contributed by atoms with Crippen LogP contribution in [0, 0.1) is 13.8 Å². The van der Waals surface area contributed by atoms with Gasteiger partial charge < -0.3 is 9.47 Å². The first kappa shape index (κ1) is 22.0. The Kier molecular flexibility index (Phi) is 6.79. The molecule has 0 radical (unpaired) electrons. The lowest BCUT2D eigenvalue weighted by Crippen LogP contribution is -2.28. The van der Waals surface area contributed by atoms with Gasteiger partial charge in [0.2, 0.25) is 0 Å². The lowest BCUT2D eigenvalue weighted by atomic mass is 10.1. The molecule has 0 N–H and O–H groups in total. The summed E-state index contributed by atoms with van der Waals surface area (Å²) in [4.78, 5) is 31.8. The molecule has 2 aromatic heterocycles. The number of ether oxygens (including phenoxy) is 2. The fourth-order valence-electron chi connectivity index (χ4n) is 3.77. The summed E-state index contributed by atoms with van der Waals surface area (Å²) in [5, 5.41) is 1.17. The van der Waals surface area contributed by atoms with Crippen LogP contribution in [0.25, 0.3) is 10.2 Å². The van der Waals surface area contributed by atoms with Crippen molar-refractivity contribution in [2.24, 2.45) is 0 Å². The summed E-state index contributed by atoms with van der Waals surface area (Å²) in [6.45, 7) is 7.15. The molecular weight excluding hydrogens is 432 g/mol. The second-order valence-electron chi connectivity index (χ2n) is 7.62. The molecule has 3 aromatic rings. The molecular formula is C23H26N2O4S2. The average Bonchev–Trinajstić information content (AvgIpc) is 3.38. The van der Waals surface area contributed by atoms with Crippen molar-refractivity contribution >= 4 is 39.3 Å². The molecule has 1 aliphatic rings. The van der Waals surface area contributed by atoms with E-state index in [4.69, 9.17) is 14.5 Å². The topological polar surface area (TPSA) is 70.4 Å². The van der Waals surface area contributed by atoms with Gasteiger partial charge in [-0.1, -0.05) is 36.0 Å². The Labute approximate surface area is 189 Å². The number of esters is 1. The van der Waals surface area contributed by atoms with Crippen LogP contribution in [0.5, 0.6) is 0 Å². The first-order chi connectivity index (χ1) is 15.0. The molecule has 31 heavy (non-hydrogen) atoms. The quantitative estimate of drug-likeness (QED) is 0.290. The summed E-state index contributed by atoms with van der Waals surface area (Å²) in [7, 11) is 0. The second-order valence-corrected chi connectivity index (χ2v) is 9.56. The number of hydrogen-bond acceptors (Lipinski definition) is 7. The van der Waals surface area contributed by atoms with E-state index in [2.05, 4.69) is 19.1 Å². The molecule has 0 spiro atoms. The fourth-order valence-corrected chi connectivity index (χ4v) is 5.97. The van der Waals surface area contributed by atoms with Gasteiger partial charge in [-0.25, -0.2) is 9.78 Å². The number of benzene rings is 1. The van der Waals surface area contributed by atoms with Crippen LogP contribution in [0.4, 0.5) is 0 Å². The molecule has 0 bridgehead atoms. The van der Waals surface area contributed by atoms with E-state index in [-0.39, 0.29) is 11.7 Å². The third-order valence-corrected chi connectivity index (χ3v) is 7.70. The highest BCUT2D eigenvalue weighted by atomic mass is 32.2. The molecule has 8 heteroatoms. The van der Waals surface area contributed by atoms with Gasteiger partial charge in [0.05, 0.1) is 24.6 Å². The zero-order valence-corrected chi connectivity index (χ0v) is 19.6. The molecule has 4 rings (SSSR count). The second kappa shape index (κ2) is 9.54. The molecule has 0 amide bonds. The normalized spacial score (nSPS) is 16.2. The lowest BCUT2D eigenvalue weighted by molar-refractivity contribution is 0.0531. The minimum atomic E-state index is -0.401. The number of rotatable bonds is 7. The molecule has 1 aliphatic heterocycles. The first-order valence-corrected chi connectivity index (χ1v) is 12.3. The number of hydrogen-bond donors (Lipinski definition) is 0. The minimum Gasteiger partial charge on any atom is -0.462 e. The molecule has 164 valence electrons. The van der Waals surface area contributed by atoms with Gasteiger partial charge >= 0.3 is 5.97 Å². The van der Waals surface area contributed by atoms with Crippen LogP contribution in [0.3, 0.4) is 0 Å². The first-order valence-electron chi connectivity index (χ1n) is 10.5. The van der Waals surface area contributed by atoms with Crippen molar-refractivity contribution in [2.45, 2.75) is 57.2 Å². The molecule has 1 aromatic carbocycles. The van der Waals surface area contributed by atoms with E-state index >= 15 is 0 Å². The number of aryl methyl sites for hydroxylation is 2. The van der Waals surface area contributed by atoms with Crippen LogP contribution in [0.15, 0.2) is 34.2 Å². The molecule has 0 unspecified atom stereocenters. The zero-order chi connectivity index (χ0) is 22.0. The van der Waals surface area contributed by atoms with E-state index in [0.717, 1.165) is 19.4 Å². The van der Waals surface area contributed by atoms with Gasteiger partial charge in [-0.05, 0) is 50.3 Å². The van der Waals surface area contributed by atoms with E-state index < -0.39 is 5.97 Å². The van der Waals surface area contributed by atoms with Crippen molar-refractivity contribution in [3.63, 3.8) is 0 Å². The summed E-state index contributed by atoms with van der Waals surface area (Å²) in [5.74, 6) is 0.313. The zero-order valence-electron chi connectivity index (χ0n) is 18.0. The van der Waals surface area contributed by atoms with E-state index in [1.54, 1.807) is 30.2 Å². The Bertz CT molecular complexity index is 1160. The van der Waals surface area contributed by atoms with Crippen molar-refractivity contribution < 1.29 is 14.3 Å². The number of nitrogens with zero attached hydrogens (tertiary/aromatic N) is 2. The predicted molar refractivity (Wildman–Crippen MR) is 124 cm³/mol. The number of carbonyl (C=O) groups is 1. The summed E-state index contributed by atoms with van der Waals surface area (Å²) in [6, 6.07) is 8.22. The van der Waals surface area contributed by atoms with Gasteiger partial charge in [0, 0.05) is 12.4 Å². The number of thioether (sulfide) groups is 1. The Morgan fingerprint density at radius 1 is 1.35 bits per heavy atom. The highest BCUT2D eigenvalue weighted by Gasteiger charge is 2.25. The van der Waals surface area contributed by atoms with Crippen LogP contribution >= 0.6 is 23.1 Å². The van der Waals surface area contributed by atoms with Gasteiger partial charge in [-0.2, -0.15) is 0 Å². The highest BCUT2D eigenvalue weighted by molar-refractivity contribution is 7.98. The molecule has 1 atom stereocenters. The Balaban J connectivity index is 1.77. The van der Waals surface area contributed by atoms with E-state index in [0.29, 0.717) is 44.7 Å². The van der Waals surface area contributed by atoms with Crippen molar-refractivity contribution in [1.29, 1.82) is 0 Å².